The van der Waals surface area contributed by atoms with E-state index < -0.39 is 5.60 Å². The molecule has 4 heteroatoms. The molecule has 1 fully saturated rings. The van der Waals surface area contributed by atoms with Crippen molar-refractivity contribution in [3.63, 3.8) is 0 Å². The molecule has 1 amide bonds. The topological polar surface area (TPSA) is 47.6 Å². The van der Waals surface area contributed by atoms with Gasteiger partial charge in [0.15, 0.2) is 0 Å². The molecule has 0 aliphatic heterocycles. The van der Waals surface area contributed by atoms with Crippen LogP contribution in [0.4, 0.5) is 5.69 Å². The first kappa shape index (κ1) is 15.8. The van der Waals surface area contributed by atoms with Crippen LogP contribution < -0.4 is 10.1 Å². The van der Waals surface area contributed by atoms with Crippen LogP contribution >= 0.6 is 0 Å². The number of amides is 1. The van der Waals surface area contributed by atoms with Crippen LogP contribution in [0.3, 0.4) is 0 Å². The Hall–Kier alpha value is -1.55. The minimum atomic E-state index is -0.729. The van der Waals surface area contributed by atoms with E-state index >= 15 is 0 Å². The molecule has 1 N–H and O–H groups in total. The molecule has 116 valence electrons. The fourth-order valence-corrected chi connectivity index (χ4v) is 2.23. The molecule has 1 aliphatic rings. The smallest absolute Gasteiger partial charge is 0.256 e. The van der Waals surface area contributed by atoms with Crippen molar-refractivity contribution in [2.24, 2.45) is 11.8 Å². The average Bonchev–Trinajstić information content (AvgIpc) is 3.30. The average molecular weight is 291 g/mol. The zero-order valence-electron chi connectivity index (χ0n) is 13.3. The molecule has 0 saturated heterocycles. The van der Waals surface area contributed by atoms with Gasteiger partial charge in [0.05, 0.1) is 6.61 Å². The zero-order valence-corrected chi connectivity index (χ0v) is 13.3. The molecule has 0 heterocycles. The Labute approximate surface area is 126 Å². The van der Waals surface area contributed by atoms with Gasteiger partial charge in [0.1, 0.15) is 11.4 Å². The van der Waals surface area contributed by atoms with Gasteiger partial charge in [-0.1, -0.05) is 13.8 Å². The van der Waals surface area contributed by atoms with Gasteiger partial charge in [0, 0.05) is 12.8 Å². The number of anilines is 1. The number of ether oxygens (including phenoxy) is 2. The molecule has 0 spiro atoms. The van der Waals surface area contributed by atoms with E-state index in [0.29, 0.717) is 18.4 Å². The van der Waals surface area contributed by atoms with Crippen molar-refractivity contribution in [3.8, 4) is 5.75 Å². The molecular weight excluding hydrogens is 266 g/mol. The minimum Gasteiger partial charge on any atom is -0.493 e. The minimum absolute atomic E-state index is 0.0802. The summed E-state index contributed by atoms with van der Waals surface area (Å²) in [6, 6.07) is 7.46. The fourth-order valence-electron chi connectivity index (χ4n) is 2.23. The number of hydrogen-bond acceptors (Lipinski definition) is 3. The first-order valence-electron chi connectivity index (χ1n) is 7.55. The molecule has 1 aromatic carbocycles. The van der Waals surface area contributed by atoms with E-state index in [1.165, 1.54) is 0 Å². The number of benzene rings is 1. The van der Waals surface area contributed by atoms with Crippen molar-refractivity contribution >= 4 is 11.6 Å². The summed E-state index contributed by atoms with van der Waals surface area (Å²) in [6.45, 7) is 6.77. The third-order valence-corrected chi connectivity index (χ3v) is 3.93. The lowest BCUT2D eigenvalue weighted by Crippen LogP contribution is -2.43. The molecule has 1 aromatic rings. The second-order valence-corrected chi connectivity index (χ2v) is 6.27. The van der Waals surface area contributed by atoms with Gasteiger partial charge in [-0.15, -0.1) is 0 Å². The van der Waals surface area contributed by atoms with Gasteiger partial charge in [-0.05, 0) is 55.9 Å². The Morgan fingerprint density at radius 3 is 2.43 bits per heavy atom. The van der Waals surface area contributed by atoms with E-state index in [1.54, 1.807) is 7.11 Å². The van der Waals surface area contributed by atoms with Crippen molar-refractivity contribution in [1.29, 1.82) is 0 Å². The fraction of sp³-hybridized carbons (Fsp3) is 0.588. The molecule has 4 nitrogen and oxygen atoms in total. The summed E-state index contributed by atoms with van der Waals surface area (Å²) in [7, 11) is 1.60. The molecule has 1 aliphatic carbocycles. The van der Waals surface area contributed by atoms with Crippen molar-refractivity contribution in [2.45, 2.75) is 39.2 Å². The highest BCUT2D eigenvalue weighted by Gasteiger charge is 2.47. The zero-order chi connectivity index (χ0) is 15.5. The lowest BCUT2D eigenvalue weighted by Gasteiger charge is -2.26. The normalized spacial score (nSPS) is 17.4. The molecule has 21 heavy (non-hydrogen) atoms. The van der Waals surface area contributed by atoms with E-state index in [4.69, 9.17) is 9.47 Å². The first-order chi connectivity index (χ1) is 9.95. The second kappa shape index (κ2) is 6.48. The lowest BCUT2D eigenvalue weighted by atomic mass is 9.99. The number of rotatable bonds is 7. The predicted molar refractivity (Wildman–Crippen MR) is 83.5 cm³/mol. The van der Waals surface area contributed by atoms with Crippen LogP contribution in [0.2, 0.25) is 0 Å². The summed E-state index contributed by atoms with van der Waals surface area (Å²) < 4.78 is 11.1. The van der Waals surface area contributed by atoms with Crippen LogP contribution in [0.15, 0.2) is 24.3 Å². The van der Waals surface area contributed by atoms with Crippen molar-refractivity contribution < 1.29 is 14.3 Å². The Morgan fingerprint density at radius 2 is 1.95 bits per heavy atom. The Bertz CT molecular complexity index is 479. The Kier molecular flexibility index (Phi) is 4.88. The maximum Gasteiger partial charge on any atom is 0.256 e. The number of hydrogen-bond donors (Lipinski definition) is 1. The Balaban J connectivity index is 1.95. The largest absolute Gasteiger partial charge is 0.493 e. The van der Waals surface area contributed by atoms with Gasteiger partial charge in [0.2, 0.25) is 0 Å². The molecule has 0 radical (unpaired) electrons. The van der Waals surface area contributed by atoms with E-state index in [9.17, 15) is 4.79 Å². The van der Waals surface area contributed by atoms with Crippen molar-refractivity contribution in [1.82, 2.24) is 0 Å². The van der Waals surface area contributed by atoms with Crippen LogP contribution in [0.25, 0.3) is 0 Å². The lowest BCUT2D eigenvalue weighted by molar-refractivity contribution is -0.138. The van der Waals surface area contributed by atoms with Crippen molar-refractivity contribution in [3.05, 3.63) is 24.3 Å². The van der Waals surface area contributed by atoms with Crippen LogP contribution in [-0.2, 0) is 9.53 Å². The van der Waals surface area contributed by atoms with Crippen molar-refractivity contribution in [2.75, 3.05) is 19.0 Å². The SMILES string of the molecule is COC(C)(C(=O)Nc1ccc(OCC(C)C)cc1)C1CC1. The predicted octanol–water partition coefficient (Wildman–Crippen LogP) is 3.48. The summed E-state index contributed by atoms with van der Waals surface area (Å²) in [5.74, 6) is 1.56. The van der Waals surface area contributed by atoms with E-state index in [1.807, 2.05) is 31.2 Å². The van der Waals surface area contributed by atoms with Crippen LogP contribution in [-0.4, -0.2) is 25.2 Å². The first-order valence-corrected chi connectivity index (χ1v) is 7.55. The Morgan fingerprint density at radius 1 is 1.33 bits per heavy atom. The number of methoxy groups -OCH3 is 1. The maximum absolute atomic E-state index is 12.4. The summed E-state index contributed by atoms with van der Waals surface area (Å²) in [5.41, 5.74) is 0.0353. The highest BCUT2D eigenvalue weighted by Crippen LogP contribution is 2.42. The molecule has 1 saturated carbocycles. The monoisotopic (exact) mass is 291 g/mol. The molecule has 0 aromatic heterocycles. The van der Waals surface area contributed by atoms with Gasteiger partial charge in [-0.25, -0.2) is 0 Å². The highest BCUT2D eigenvalue weighted by molar-refractivity contribution is 5.97. The molecular formula is C17H25NO3. The highest BCUT2D eigenvalue weighted by atomic mass is 16.5. The second-order valence-electron chi connectivity index (χ2n) is 6.27. The number of nitrogens with one attached hydrogen (secondary N) is 1. The summed E-state index contributed by atoms with van der Waals surface area (Å²) in [4.78, 5) is 12.4. The summed E-state index contributed by atoms with van der Waals surface area (Å²) in [6.07, 6.45) is 2.11. The van der Waals surface area contributed by atoms with Gasteiger partial charge in [0.25, 0.3) is 5.91 Å². The van der Waals surface area contributed by atoms with Crippen LogP contribution in [0.5, 0.6) is 5.75 Å². The van der Waals surface area contributed by atoms with E-state index in [0.717, 1.165) is 24.3 Å². The standard InChI is InChI=1S/C17H25NO3/c1-12(2)11-21-15-9-7-14(8-10-15)18-16(19)17(3,20-4)13-5-6-13/h7-10,12-13H,5-6,11H2,1-4H3,(H,18,19). The third kappa shape index (κ3) is 3.97. The number of carbonyl (C=O) groups excluding carboxylic acids is 1. The molecule has 0 bridgehead atoms. The quantitative estimate of drug-likeness (QED) is 0.836. The number of carbonyl (C=O) groups is 1. The van der Waals surface area contributed by atoms with Gasteiger partial charge in [-0.3, -0.25) is 4.79 Å². The van der Waals surface area contributed by atoms with Gasteiger partial charge < -0.3 is 14.8 Å². The summed E-state index contributed by atoms with van der Waals surface area (Å²) >= 11 is 0. The van der Waals surface area contributed by atoms with Crippen LogP contribution in [0.1, 0.15) is 33.6 Å². The molecule has 1 atom stereocenters. The molecule has 1 unspecified atom stereocenters. The third-order valence-electron chi connectivity index (χ3n) is 3.93. The van der Waals surface area contributed by atoms with Gasteiger partial charge in [-0.2, -0.15) is 0 Å². The van der Waals surface area contributed by atoms with Gasteiger partial charge >= 0.3 is 0 Å². The van der Waals surface area contributed by atoms with E-state index in [2.05, 4.69) is 19.2 Å². The maximum atomic E-state index is 12.4. The summed E-state index contributed by atoms with van der Waals surface area (Å²) in [5, 5.41) is 2.93. The van der Waals surface area contributed by atoms with E-state index in [-0.39, 0.29) is 5.91 Å². The van der Waals surface area contributed by atoms with Crippen LogP contribution in [0, 0.1) is 11.8 Å². The molecule has 2 rings (SSSR count).